The lowest BCUT2D eigenvalue weighted by atomic mass is 9.89. The fourth-order valence-corrected chi connectivity index (χ4v) is 8.77. The van der Waals surface area contributed by atoms with E-state index in [-0.39, 0.29) is 12.0 Å². The predicted molar refractivity (Wildman–Crippen MR) is 139 cm³/mol. The van der Waals surface area contributed by atoms with Gasteiger partial charge in [0, 0.05) is 17.9 Å². The van der Waals surface area contributed by atoms with Crippen LogP contribution in [0.3, 0.4) is 0 Å². The van der Waals surface area contributed by atoms with Crippen LogP contribution in [0, 0.1) is 11.8 Å². The Morgan fingerprint density at radius 3 is 2.16 bits per heavy atom. The zero-order valence-corrected chi connectivity index (χ0v) is 22.5. The quantitative estimate of drug-likeness (QED) is 0.222. The van der Waals surface area contributed by atoms with E-state index >= 15 is 0 Å². The molecule has 3 atom stereocenters. The van der Waals surface area contributed by atoms with E-state index in [2.05, 4.69) is 63.8 Å². The normalized spacial score (nSPS) is 16.8. The molecule has 0 heterocycles. The summed E-state index contributed by atoms with van der Waals surface area (Å²) in [6, 6.07) is 12.9. The highest BCUT2D eigenvalue weighted by Gasteiger charge is 2.35. The molecular formula is C26H43NO2SSi. The number of rotatable bonds is 13. The maximum Gasteiger partial charge on any atom is 0.192 e. The van der Waals surface area contributed by atoms with Crippen molar-refractivity contribution in [3.8, 4) is 0 Å². The molecule has 5 heteroatoms. The van der Waals surface area contributed by atoms with Gasteiger partial charge in [-0.05, 0) is 49.5 Å². The monoisotopic (exact) mass is 461 g/mol. The number of hydrogen-bond donors (Lipinski definition) is 0. The van der Waals surface area contributed by atoms with E-state index in [1.807, 2.05) is 43.3 Å². The first-order valence-corrected chi connectivity index (χ1v) is 15.6. The topological polar surface area (TPSA) is 38.7 Å². The van der Waals surface area contributed by atoms with Gasteiger partial charge in [-0.1, -0.05) is 77.1 Å². The van der Waals surface area contributed by atoms with Gasteiger partial charge in [-0.15, -0.1) is 6.58 Å². The van der Waals surface area contributed by atoms with Gasteiger partial charge in [0.1, 0.15) is 0 Å². The van der Waals surface area contributed by atoms with Crippen LogP contribution in [0.1, 0.15) is 48.0 Å². The van der Waals surface area contributed by atoms with Crippen molar-refractivity contribution in [3.05, 3.63) is 66.1 Å². The summed E-state index contributed by atoms with van der Waals surface area (Å²) in [6.45, 7) is 17.2. The third kappa shape index (κ3) is 7.03. The molecule has 1 aromatic rings. The lowest BCUT2D eigenvalue weighted by Gasteiger charge is -2.36. The minimum atomic E-state index is -2.70. The van der Waals surface area contributed by atoms with Crippen LogP contribution in [0.5, 0.6) is 0 Å². The van der Waals surface area contributed by atoms with E-state index in [1.54, 1.807) is 7.05 Å². The van der Waals surface area contributed by atoms with Gasteiger partial charge in [0.25, 0.3) is 0 Å². The molecule has 0 saturated carbocycles. The first-order valence-electron chi connectivity index (χ1n) is 11.6. The smallest absolute Gasteiger partial charge is 0.192 e. The Balaban J connectivity index is 3.61. The van der Waals surface area contributed by atoms with Crippen LogP contribution in [0.4, 0.5) is 0 Å². The number of hydrogen-bond acceptors (Lipinski definition) is 3. The highest BCUT2D eigenvalue weighted by atomic mass is 32.2. The van der Waals surface area contributed by atoms with Crippen LogP contribution < -0.4 is 0 Å². The number of allylic oxidation sites excluding steroid dienone is 3. The van der Waals surface area contributed by atoms with Crippen LogP contribution in [0.25, 0.3) is 0 Å². The van der Waals surface area contributed by atoms with E-state index in [9.17, 15) is 4.21 Å². The third-order valence-electron chi connectivity index (χ3n) is 6.25. The Kier molecular flexibility index (Phi) is 11.7. The minimum absolute atomic E-state index is 0.0346. The molecule has 0 spiro atoms. The van der Waals surface area contributed by atoms with Crippen molar-refractivity contribution in [2.45, 2.75) is 77.1 Å². The molecule has 0 bridgehead atoms. The molecule has 1 aromatic carbocycles. The number of nitrogens with zero attached hydrogens (tertiary/aromatic N) is 1. The first-order chi connectivity index (χ1) is 14.8. The molecule has 0 aliphatic carbocycles. The Hall–Kier alpha value is -1.43. The zero-order valence-electron chi connectivity index (χ0n) is 20.6. The van der Waals surface area contributed by atoms with Crippen LogP contribution >= 0.6 is 0 Å². The van der Waals surface area contributed by atoms with E-state index in [1.165, 1.54) is 0 Å². The molecule has 0 N–H and O–H groups in total. The van der Waals surface area contributed by atoms with E-state index in [4.69, 9.17) is 4.43 Å². The largest absolute Gasteiger partial charge is 0.410 e. The molecule has 0 saturated heterocycles. The summed E-state index contributed by atoms with van der Waals surface area (Å²) in [5.74, 6) is 0.434. The molecule has 3 nitrogen and oxygen atoms in total. The molecule has 174 valence electrons. The minimum Gasteiger partial charge on any atom is -0.410 e. The lowest BCUT2D eigenvalue weighted by Crippen LogP contribution is -2.42. The standard InChI is InChI=1S/C26H43NO2SSi/c1-9-17-24(30(28,27-8)23-19-15-14-16-20-23)21-25(22(6)7)26(18-10-2)29-31(11-3,12-4)13-5/h9-10,14-16,18-22,25-26H,1,11-13,17H2,2-8H3/b18-10+,24-21+/t25-,26-,30+/m0/s1. The molecule has 31 heavy (non-hydrogen) atoms. The Morgan fingerprint density at radius 2 is 1.74 bits per heavy atom. The average Bonchev–Trinajstić information content (AvgIpc) is 2.79. The molecule has 0 aliphatic rings. The van der Waals surface area contributed by atoms with Gasteiger partial charge in [-0.2, -0.15) is 0 Å². The maximum absolute atomic E-state index is 14.1. The SMILES string of the molecule is C=CC/C(=C\[C@@H](C(C)C)[C@H](/C=C/C)O[Si](CC)(CC)CC)[S@@](=O)(=NC)c1ccccc1. The van der Waals surface area contributed by atoms with Gasteiger partial charge in [-0.25, -0.2) is 8.57 Å². The third-order valence-corrected chi connectivity index (χ3v) is 13.3. The predicted octanol–water partition coefficient (Wildman–Crippen LogP) is 7.84. The van der Waals surface area contributed by atoms with E-state index < -0.39 is 18.0 Å². The van der Waals surface area contributed by atoms with Crippen LogP contribution in [-0.4, -0.2) is 25.7 Å². The van der Waals surface area contributed by atoms with Crippen molar-refractivity contribution in [2.75, 3.05) is 7.05 Å². The van der Waals surface area contributed by atoms with Gasteiger partial charge in [0.2, 0.25) is 0 Å². The summed E-state index contributed by atoms with van der Waals surface area (Å²) in [5, 5.41) is 0. The van der Waals surface area contributed by atoms with Crippen molar-refractivity contribution in [1.82, 2.24) is 0 Å². The summed E-state index contributed by atoms with van der Waals surface area (Å²) in [4.78, 5) is 1.57. The lowest BCUT2D eigenvalue weighted by molar-refractivity contribution is 0.161. The molecule has 1 rings (SSSR count). The maximum atomic E-state index is 14.1. The molecule has 0 fully saturated rings. The van der Waals surface area contributed by atoms with Gasteiger partial charge in [0.15, 0.2) is 8.32 Å². The second kappa shape index (κ2) is 13.2. The molecule has 0 radical (unpaired) electrons. The van der Waals surface area contributed by atoms with E-state index in [0.29, 0.717) is 12.3 Å². The van der Waals surface area contributed by atoms with Crippen molar-refractivity contribution >= 4 is 18.0 Å². The molecule has 0 aliphatic heterocycles. The highest BCUT2D eigenvalue weighted by Crippen LogP contribution is 2.33. The Morgan fingerprint density at radius 1 is 1.16 bits per heavy atom. The Labute approximate surface area is 193 Å². The van der Waals surface area contributed by atoms with Crippen molar-refractivity contribution < 1.29 is 8.63 Å². The van der Waals surface area contributed by atoms with Gasteiger partial charge >= 0.3 is 0 Å². The summed E-state index contributed by atoms with van der Waals surface area (Å²) in [5.41, 5.74) is 0. The second-order valence-corrected chi connectivity index (χ2v) is 15.5. The van der Waals surface area contributed by atoms with Gasteiger partial charge in [0.05, 0.1) is 20.7 Å². The summed E-state index contributed by atoms with van der Waals surface area (Å²) >= 11 is 0. The van der Waals surface area contributed by atoms with Crippen molar-refractivity contribution in [2.24, 2.45) is 16.2 Å². The molecule has 0 aromatic heterocycles. The molecular weight excluding hydrogens is 418 g/mol. The fraction of sp³-hybridized carbons (Fsp3) is 0.538. The molecule has 0 amide bonds. The fourth-order valence-electron chi connectivity index (χ4n) is 4.00. The van der Waals surface area contributed by atoms with Gasteiger partial charge in [-0.3, -0.25) is 0 Å². The summed E-state index contributed by atoms with van der Waals surface area (Å²) in [7, 11) is -2.86. The van der Waals surface area contributed by atoms with Crippen molar-refractivity contribution in [1.29, 1.82) is 0 Å². The van der Waals surface area contributed by atoms with E-state index in [0.717, 1.165) is 27.9 Å². The first kappa shape index (κ1) is 27.6. The number of benzene rings is 1. The average molecular weight is 462 g/mol. The zero-order chi connectivity index (χ0) is 23.5. The van der Waals surface area contributed by atoms with Crippen LogP contribution in [0.15, 0.2) is 75.4 Å². The second-order valence-electron chi connectivity index (χ2n) is 8.32. The van der Waals surface area contributed by atoms with Gasteiger partial charge < -0.3 is 4.43 Å². The van der Waals surface area contributed by atoms with Crippen LogP contribution in [0.2, 0.25) is 18.1 Å². The summed E-state index contributed by atoms with van der Waals surface area (Å²) < 4.78 is 25.5. The highest BCUT2D eigenvalue weighted by molar-refractivity contribution is 7.97. The Bertz CT molecular complexity index is 839. The van der Waals surface area contributed by atoms with Crippen molar-refractivity contribution in [3.63, 3.8) is 0 Å². The van der Waals surface area contributed by atoms with Crippen LogP contribution in [-0.2, 0) is 14.2 Å². The molecule has 0 unspecified atom stereocenters. The summed E-state index contributed by atoms with van der Waals surface area (Å²) in [6.07, 6.45) is 8.77.